The molecule has 3 aliphatic rings. The lowest BCUT2D eigenvalue weighted by Gasteiger charge is -2.42. The van der Waals surface area contributed by atoms with Crippen molar-refractivity contribution < 1.29 is 53.1 Å². The van der Waals surface area contributed by atoms with Crippen LogP contribution in [0.5, 0.6) is 5.75 Å². The number of aliphatic carboxylic acids is 1. The maximum atomic E-state index is 13.8. The highest BCUT2D eigenvalue weighted by molar-refractivity contribution is 7.81. The fourth-order valence-corrected chi connectivity index (χ4v) is 6.52. The quantitative estimate of drug-likeness (QED) is 0.195. The minimum atomic E-state index is -1.84. The number of carboxylic acids is 1. The molecule has 8 unspecified atom stereocenters. The Balaban J connectivity index is 1.78. The number of carboxylic acid groups (broad SMARTS) is 1. The van der Waals surface area contributed by atoms with Crippen LogP contribution in [0.25, 0.3) is 0 Å². The SMILES string of the molecule is COc1cc2cc(c1Cl)N(C)C(=O)CC(OC(=O)CC(S)C(=O)O)C1(C)OC1C(C)C1CC(O)(NC(=O)O1)C(OC)C=CC=C(C)C2. The monoisotopic (exact) mass is 696 g/mol. The normalized spacial score (nSPS) is 31.9. The van der Waals surface area contributed by atoms with Crippen molar-refractivity contribution in [2.24, 2.45) is 5.92 Å². The third kappa shape index (κ3) is 8.06. The van der Waals surface area contributed by atoms with E-state index < -0.39 is 77.3 Å². The Morgan fingerprint density at radius 1 is 1.28 bits per heavy atom. The maximum absolute atomic E-state index is 13.8. The van der Waals surface area contributed by atoms with Crippen molar-refractivity contribution in [3.05, 3.63) is 46.5 Å². The van der Waals surface area contributed by atoms with E-state index in [9.17, 15) is 29.4 Å². The van der Waals surface area contributed by atoms with Crippen LogP contribution in [0.4, 0.5) is 10.5 Å². The number of rotatable bonds is 6. The molecule has 4 bridgehead atoms. The molecule has 3 heterocycles. The first kappa shape index (κ1) is 36.5. The molecule has 8 atom stereocenters. The number of methoxy groups -OCH3 is 2. The standard InChI is InChI=1S/C32H41ClN2O11S/c1-16-8-7-9-23(43-6)32(41)15-21(44-30(40)34-32)17(2)28-31(3,46-28)24(45-26(37)13-22(47)29(38)39)14-25(36)35(4)19-11-18(10-16)12-20(42-5)27(19)33/h7-9,11-12,17,21-24,28,41,47H,10,13-15H2,1-6H3,(H,34,40)(H,38,39). The summed E-state index contributed by atoms with van der Waals surface area (Å²) in [5.74, 6) is -2.88. The van der Waals surface area contributed by atoms with Crippen molar-refractivity contribution in [1.82, 2.24) is 5.32 Å². The van der Waals surface area contributed by atoms with E-state index in [0.717, 1.165) is 11.1 Å². The molecule has 3 aliphatic heterocycles. The van der Waals surface area contributed by atoms with Crippen molar-refractivity contribution in [2.45, 2.75) is 87.4 Å². The summed E-state index contributed by atoms with van der Waals surface area (Å²) in [7, 11) is 4.41. The van der Waals surface area contributed by atoms with Gasteiger partial charge in [0.1, 0.15) is 39.9 Å². The number of alkyl carbamates (subject to hydrolysis) is 1. The number of aliphatic hydroxyl groups is 1. The van der Waals surface area contributed by atoms with Crippen LogP contribution in [-0.2, 0) is 39.8 Å². The molecule has 0 aliphatic carbocycles. The van der Waals surface area contributed by atoms with Gasteiger partial charge in [0, 0.05) is 26.5 Å². The number of esters is 1. The van der Waals surface area contributed by atoms with Gasteiger partial charge in [-0.2, -0.15) is 12.6 Å². The highest BCUT2D eigenvalue weighted by atomic mass is 35.5. The summed E-state index contributed by atoms with van der Waals surface area (Å²) in [6, 6.07) is 3.52. The fraction of sp³-hybridized carbons (Fsp3) is 0.562. The van der Waals surface area contributed by atoms with Gasteiger partial charge in [-0.25, -0.2) is 4.79 Å². The molecule has 47 heavy (non-hydrogen) atoms. The summed E-state index contributed by atoms with van der Waals surface area (Å²) in [5, 5.41) is 22.2. The molecular formula is C32H41ClN2O11S. The van der Waals surface area contributed by atoms with Crippen LogP contribution < -0.4 is 15.0 Å². The smallest absolute Gasteiger partial charge is 0.409 e. The Labute approximate surface area is 283 Å². The summed E-state index contributed by atoms with van der Waals surface area (Å²) >= 11 is 10.6. The molecule has 15 heteroatoms. The number of benzene rings is 1. The molecular weight excluding hydrogens is 656 g/mol. The van der Waals surface area contributed by atoms with E-state index in [4.69, 9.17) is 35.3 Å². The number of epoxide rings is 1. The van der Waals surface area contributed by atoms with Gasteiger partial charge in [-0.05, 0) is 38.0 Å². The molecule has 1 aromatic rings. The lowest BCUT2D eigenvalue weighted by molar-refractivity contribution is -0.155. The molecule has 0 aromatic heterocycles. The van der Waals surface area contributed by atoms with E-state index in [-0.39, 0.29) is 17.9 Å². The van der Waals surface area contributed by atoms with Gasteiger partial charge in [0.2, 0.25) is 5.91 Å². The summed E-state index contributed by atoms with van der Waals surface area (Å²) in [4.78, 5) is 52.1. The number of thiol groups is 1. The van der Waals surface area contributed by atoms with Gasteiger partial charge in [0.05, 0.1) is 31.7 Å². The zero-order chi connectivity index (χ0) is 34.8. The first-order valence-corrected chi connectivity index (χ1v) is 15.9. The number of nitrogens with one attached hydrogen (secondary N) is 1. The van der Waals surface area contributed by atoms with Gasteiger partial charge in [0.15, 0.2) is 5.72 Å². The molecule has 4 rings (SSSR count). The first-order valence-electron chi connectivity index (χ1n) is 15.0. The number of allylic oxidation sites excluding steroid dienone is 3. The van der Waals surface area contributed by atoms with Crippen molar-refractivity contribution in [2.75, 3.05) is 26.2 Å². The van der Waals surface area contributed by atoms with Gasteiger partial charge in [-0.15, -0.1) is 0 Å². The topological polar surface area (TPSA) is 173 Å². The largest absolute Gasteiger partial charge is 0.495 e. The van der Waals surface area contributed by atoms with Gasteiger partial charge in [0.25, 0.3) is 0 Å². The number of hydrogen-bond acceptors (Lipinski definition) is 11. The van der Waals surface area contributed by atoms with Crippen LogP contribution in [0.1, 0.15) is 45.6 Å². The second-order valence-corrected chi connectivity index (χ2v) is 13.3. The van der Waals surface area contributed by atoms with Crippen LogP contribution in [0, 0.1) is 5.92 Å². The van der Waals surface area contributed by atoms with Gasteiger partial charge < -0.3 is 38.8 Å². The zero-order valence-electron chi connectivity index (χ0n) is 27.0. The van der Waals surface area contributed by atoms with Gasteiger partial charge in [-0.3, -0.25) is 19.7 Å². The van der Waals surface area contributed by atoms with E-state index >= 15 is 0 Å². The van der Waals surface area contributed by atoms with Crippen molar-refractivity contribution in [3.63, 3.8) is 0 Å². The second kappa shape index (κ2) is 14.4. The molecule has 1 aromatic carbocycles. The number of carbonyl (C=O) groups is 4. The lowest BCUT2D eigenvalue weighted by Crippen LogP contribution is -2.63. The lowest BCUT2D eigenvalue weighted by atomic mass is 9.83. The predicted molar refractivity (Wildman–Crippen MR) is 174 cm³/mol. The number of anilines is 1. The summed E-state index contributed by atoms with van der Waals surface area (Å²) < 4.78 is 28.5. The van der Waals surface area contributed by atoms with Crippen molar-refractivity contribution in [1.29, 1.82) is 0 Å². The summed E-state index contributed by atoms with van der Waals surface area (Å²) in [6.45, 7) is 5.31. The van der Waals surface area contributed by atoms with Crippen molar-refractivity contribution in [3.8, 4) is 5.75 Å². The minimum absolute atomic E-state index is 0.0718. The van der Waals surface area contributed by atoms with Gasteiger partial charge >= 0.3 is 18.0 Å². The average molecular weight is 697 g/mol. The number of halogens is 1. The Morgan fingerprint density at radius 2 is 1.98 bits per heavy atom. The minimum Gasteiger partial charge on any atom is -0.495 e. The fourth-order valence-electron chi connectivity index (χ4n) is 6.06. The molecule has 2 saturated heterocycles. The average Bonchev–Trinajstić information content (AvgIpc) is 3.70. The van der Waals surface area contributed by atoms with E-state index in [2.05, 4.69) is 17.9 Å². The maximum Gasteiger partial charge on any atom is 0.409 e. The van der Waals surface area contributed by atoms with E-state index in [1.54, 1.807) is 38.1 Å². The van der Waals surface area contributed by atoms with Crippen LogP contribution in [0.3, 0.4) is 0 Å². The molecule has 2 fully saturated rings. The van der Waals surface area contributed by atoms with Gasteiger partial charge in [-0.1, -0.05) is 42.3 Å². The predicted octanol–water partition coefficient (Wildman–Crippen LogP) is 3.44. The highest BCUT2D eigenvalue weighted by Crippen LogP contribution is 2.49. The number of amides is 2. The Bertz CT molecular complexity index is 1470. The van der Waals surface area contributed by atoms with E-state index in [1.807, 2.05) is 13.0 Å². The van der Waals surface area contributed by atoms with Crippen molar-refractivity contribution >= 4 is 53.9 Å². The summed E-state index contributed by atoms with van der Waals surface area (Å²) in [6.07, 6.45) is 0.0952. The third-order valence-corrected chi connectivity index (χ3v) is 9.65. The Morgan fingerprint density at radius 3 is 2.62 bits per heavy atom. The number of carbonyl (C=O) groups excluding carboxylic acids is 3. The molecule has 0 spiro atoms. The molecule has 0 saturated carbocycles. The zero-order valence-corrected chi connectivity index (χ0v) is 28.7. The highest BCUT2D eigenvalue weighted by Gasteiger charge is 2.64. The Kier molecular flexibility index (Phi) is 11.2. The molecule has 2 amide bonds. The number of ether oxygens (including phenoxy) is 5. The van der Waals surface area contributed by atoms with Crippen LogP contribution in [0.2, 0.25) is 5.02 Å². The number of fused-ring (bicyclic) bond motifs is 5. The van der Waals surface area contributed by atoms with Crippen LogP contribution >= 0.6 is 24.2 Å². The second-order valence-electron chi connectivity index (χ2n) is 12.3. The van der Waals surface area contributed by atoms with E-state index in [0.29, 0.717) is 17.9 Å². The molecule has 0 radical (unpaired) electrons. The third-order valence-electron chi connectivity index (χ3n) is 8.87. The number of nitrogens with zero attached hydrogens (tertiary/aromatic N) is 1. The van der Waals surface area contributed by atoms with Crippen LogP contribution in [0.15, 0.2) is 35.9 Å². The first-order chi connectivity index (χ1) is 22.0. The molecule has 258 valence electrons. The Hall–Kier alpha value is -3.30. The molecule has 3 N–H and O–H groups in total. The van der Waals surface area contributed by atoms with Crippen LogP contribution in [-0.4, -0.2) is 96.4 Å². The number of hydrogen-bond donors (Lipinski definition) is 4. The molecule has 13 nitrogen and oxygen atoms in total. The summed E-state index contributed by atoms with van der Waals surface area (Å²) in [5.41, 5.74) is -1.03. The van der Waals surface area contributed by atoms with E-state index in [1.165, 1.54) is 26.2 Å².